The molecule has 0 aliphatic heterocycles. The van der Waals surface area contributed by atoms with Crippen LogP contribution >= 0.6 is 0 Å². The zero-order valence-corrected chi connectivity index (χ0v) is 7.25. The molecule has 0 bridgehead atoms. The van der Waals surface area contributed by atoms with Crippen LogP contribution < -0.4 is 0 Å². The summed E-state index contributed by atoms with van der Waals surface area (Å²) in [6.07, 6.45) is 2.68. The van der Waals surface area contributed by atoms with Crippen LogP contribution in [0.15, 0.2) is 0 Å². The molecule has 0 spiro atoms. The lowest BCUT2D eigenvalue weighted by Gasteiger charge is -2.17. The smallest absolute Gasteiger partial charge is 0.438 e. The first-order valence-electron chi connectivity index (χ1n) is 4.37. The Kier molecular flexibility index (Phi) is 3.31. The van der Waals surface area contributed by atoms with E-state index in [0.717, 1.165) is 25.7 Å². The molecular weight excluding hydrogens is 161 g/mol. The minimum absolute atomic E-state index is 0.228. The van der Waals surface area contributed by atoms with Crippen molar-refractivity contribution in [2.75, 3.05) is 6.61 Å². The Morgan fingerprint density at radius 2 is 2.17 bits per heavy atom. The third-order valence-corrected chi connectivity index (χ3v) is 2.09. The maximum atomic E-state index is 13.0. The molecule has 0 unspecified atom stereocenters. The van der Waals surface area contributed by atoms with Crippen LogP contribution in [0, 0.1) is 0 Å². The Hall–Kier alpha value is -0.800. The van der Waals surface area contributed by atoms with E-state index in [0.29, 0.717) is 0 Å². The normalized spacial score (nSPS) is 17.8. The zero-order chi connectivity index (χ0) is 8.97. The third kappa shape index (κ3) is 2.09. The van der Waals surface area contributed by atoms with E-state index in [2.05, 4.69) is 4.74 Å². The van der Waals surface area contributed by atoms with Crippen LogP contribution in [0.1, 0.15) is 32.6 Å². The maximum absolute atomic E-state index is 13.0. The minimum atomic E-state index is -0.843. The van der Waals surface area contributed by atoms with E-state index in [-0.39, 0.29) is 17.8 Å². The molecule has 12 heavy (non-hydrogen) atoms. The largest absolute Gasteiger partial charge is 0.448 e. The van der Waals surface area contributed by atoms with Gasteiger partial charge < -0.3 is 4.74 Å². The highest BCUT2D eigenvalue weighted by molar-refractivity contribution is 5.66. The zero-order valence-electron chi connectivity index (χ0n) is 7.25. The van der Waals surface area contributed by atoms with Gasteiger partial charge in [-0.25, -0.2) is 4.79 Å². The van der Waals surface area contributed by atoms with Crippen molar-refractivity contribution in [3.8, 4) is 0 Å². The summed E-state index contributed by atoms with van der Waals surface area (Å²) in [7, 11) is 0. The average molecular weight is 175 g/mol. The van der Waals surface area contributed by atoms with E-state index in [1.807, 2.05) is 0 Å². The van der Waals surface area contributed by atoms with Gasteiger partial charge in [-0.1, -0.05) is 17.3 Å². The molecule has 70 valence electrons. The Bertz CT molecular complexity index is 157. The van der Waals surface area contributed by atoms with E-state index in [4.69, 9.17) is 0 Å². The predicted molar refractivity (Wildman–Crippen MR) is 42.2 cm³/mol. The van der Waals surface area contributed by atoms with Crippen molar-refractivity contribution in [1.82, 2.24) is 5.12 Å². The van der Waals surface area contributed by atoms with Gasteiger partial charge in [-0.3, -0.25) is 0 Å². The summed E-state index contributed by atoms with van der Waals surface area (Å²) in [6, 6.07) is -0.246. The second-order valence-electron chi connectivity index (χ2n) is 2.95. The molecule has 0 atom stereocenters. The molecular formula is C8H14FNO2. The van der Waals surface area contributed by atoms with E-state index in [1.54, 1.807) is 6.92 Å². The maximum Gasteiger partial charge on any atom is 0.438 e. The van der Waals surface area contributed by atoms with E-state index >= 15 is 0 Å². The quantitative estimate of drug-likeness (QED) is 0.602. The van der Waals surface area contributed by atoms with Gasteiger partial charge in [0.05, 0.1) is 12.6 Å². The van der Waals surface area contributed by atoms with Crippen molar-refractivity contribution in [3.63, 3.8) is 0 Å². The van der Waals surface area contributed by atoms with E-state index < -0.39 is 6.09 Å². The van der Waals surface area contributed by atoms with Crippen molar-refractivity contribution in [3.05, 3.63) is 0 Å². The van der Waals surface area contributed by atoms with Crippen LogP contribution in [0.4, 0.5) is 9.28 Å². The monoisotopic (exact) mass is 175 g/mol. The second kappa shape index (κ2) is 4.28. The molecule has 0 aromatic heterocycles. The first-order valence-corrected chi connectivity index (χ1v) is 4.37. The predicted octanol–water partition coefficient (Wildman–Crippen LogP) is 2.27. The van der Waals surface area contributed by atoms with Crippen molar-refractivity contribution < 1.29 is 14.0 Å². The highest BCUT2D eigenvalue weighted by Gasteiger charge is 2.27. The van der Waals surface area contributed by atoms with Gasteiger partial charge in [0.2, 0.25) is 0 Å². The summed E-state index contributed by atoms with van der Waals surface area (Å²) in [5, 5.41) is 0.233. The van der Waals surface area contributed by atoms with Crippen LogP contribution in [-0.4, -0.2) is 23.9 Å². The molecule has 0 N–H and O–H groups in total. The van der Waals surface area contributed by atoms with Gasteiger partial charge >= 0.3 is 6.09 Å². The number of amides is 1. The molecule has 0 saturated heterocycles. The lowest BCUT2D eigenvalue weighted by Crippen LogP contribution is -2.32. The summed E-state index contributed by atoms with van der Waals surface area (Å²) >= 11 is 0. The van der Waals surface area contributed by atoms with Crippen molar-refractivity contribution in [2.24, 2.45) is 0 Å². The van der Waals surface area contributed by atoms with Crippen LogP contribution in [0.2, 0.25) is 0 Å². The number of carbonyl (C=O) groups is 1. The molecule has 3 nitrogen and oxygen atoms in total. The Labute approximate surface area is 71.4 Å². The number of ether oxygens (including phenoxy) is 1. The third-order valence-electron chi connectivity index (χ3n) is 2.09. The number of hydrogen-bond donors (Lipinski definition) is 0. The Morgan fingerprint density at radius 1 is 1.58 bits per heavy atom. The average Bonchev–Trinajstić information content (AvgIpc) is 2.55. The topological polar surface area (TPSA) is 29.5 Å². The van der Waals surface area contributed by atoms with Crippen molar-refractivity contribution in [2.45, 2.75) is 38.6 Å². The Morgan fingerprint density at radius 3 is 2.67 bits per heavy atom. The highest BCUT2D eigenvalue weighted by atomic mass is 19.2. The molecule has 0 aromatic rings. The summed E-state index contributed by atoms with van der Waals surface area (Å²) in [5.41, 5.74) is 0. The van der Waals surface area contributed by atoms with Gasteiger partial charge in [-0.15, -0.1) is 5.12 Å². The van der Waals surface area contributed by atoms with Gasteiger partial charge in [0.25, 0.3) is 0 Å². The SMILES string of the molecule is CCOC(=O)N(F)C1CCCC1. The second-order valence-corrected chi connectivity index (χ2v) is 2.95. The van der Waals surface area contributed by atoms with E-state index in [9.17, 15) is 9.28 Å². The lowest BCUT2D eigenvalue weighted by atomic mass is 10.2. The lowest BCUT2D eigenvalue weighted by molar-refractivity contribution is -0.0170. The molecule has 1 aliphatic carbocycles. The molecule has 4 heteroatoms. The Balaban J connectivity index is 2.34. The number of halogens is 1. The molecule has 1 rings (SSSR count). The molecule has 0 radical (unpaired) electrons. The van der Waals surface area contributed by atoms with Crippen molar-refractivity contribution >= 4 is 6.09 Å². The van der Waals surface area contributed by atoms with Crippen molar-refractivity contribution in [1.29, 1.82) is 0 Å². The fourth-order valence-electron chi connectivity index (χ4n) is 1.47. The van der Waals surface area contributed by atoms with Gasteiger partial charge in [0.1, 0.15) is 0 Å². The number of rotatable bonds is 2. The van der Waals surface area contributed by atoms with Gasteiger partial charge in [-0.2, -0.15) is 0 Å². The molecule has 1 amide bonds. The minimum Gasteiger partial charge on any atom is -0.448 e. The first kappa shape index (κ1) is 9.29. The van der Waals surface area contributed by atoms with Gasteiger partial charge in [0.15, 0.2) is 0 Å². The number of carbonyl (C=O) groups excluding carboxylic acids is 1. The summed E-state index contributed by atoms with van der Waals surface area (Å²) < 4.78 is 17.6. The first-order chi connectivity index (χ1) is 5.75. The molecule has 0 heterocycles. The molecule has 0 aromatic carbocycles. The fraction of sp³-hybridized carbons (Fsp3) is 0.875. The van der Waals surface area contributed by atoms with Gasteiger partial charge in [0, 0.05) is 0 Å². The van der Waals surface area contributed by atoms with Crippen LogP contribution in [0.25, 0.3) is 0 Å². The summed E-state index contributed by atoms with van der Waals surface area (Å²) in [6.45, 7) is 1.90. The molecule has 1 fully saturated rings. The van der Waals surface area contributed by atoms with E-state index in [1.165, 1.54) is 0 Å². The molecule has 1 aliphatic rings. The summed E-state index contributed by atoms with van der Waals surface area (Å²) in [5.74, 6) is 0. The fourth-order valence-corrected chi connectivity index (χ4v) is 1.47. The van der Waals surface area contributed by atoms with Gasteiger partial charge in [-0.05, 0) is 19.8 Å². The summed E-state index contributed by atoms with van der Waals surface area (Å²) in [4.78, 5) is 10.9. The number of nitrogens with zero attached hydrogens (tertiary/aromatic N) is 1. The molecule has 1 saturated carbocycles. The number of hydrogen-bond acceptors (Lipinski definition) is 2. The van der Waals surface area contributed by atoms with Crippen LogP contribution in [-0.2, 0) is 4.74 Å². The van der Waals surface area contributed by atoms with Crippen LogP contribution in [0.3, 0.4) is 0 Å². The standard InChI is InChI=1S/C8H14FNO2/c1-2-12-8(11)10(9)7-5-3-4-6-7/h7H,2-6H2,1H3. The van der Waals surface area contributed by atoms with Crippen LogP contribution in [0.5, 0.6) is 0 Å². The highest BCUT2D eigenvalue weighted by Crippen LogP contribution is 2.24.